The highest BCUT2D eigenvalue weighted by Crippen LogP contribution is 2.25. The molecule has 1 aromatic rings. The molecule has 0 fully saturated rings. The minimum atomic E-state index is -0.134. The summed E-state index contributed by atoms with van der Waals surface area (Å²) in [6.07, 6.45) is 4.06. The van der Waals surface area contributed by atoms with E-state index in [1.807, 2.05) is 20.0 Å². The van der Waals surface area contributed by atoms with Gasteiger partial charge in [0.1, 0.15) is 0 Å². The molecule has 2 nitrogen and oxygen atoms in total. The van der Waals surface area contributed by atoms with Crippen LogP contribution < -0.4 is 0 Å². The summed E-state index contributed by atoms with van der Waals surface area (Å²) < 4.78 is 0. The monoisotopic (exact) mass is 293 g/mol. The lowest BCUT2D eigenvalue weighted by Gasteiger charge is -2.25. The highest BCUT2D eigenvalue weighted by molar-refractivity contribution is 9.10. The van der Waals surface area contributed by atoms with Crippen LogP contribution in [0.3, 0.4) is 0 Å². The molecule has 1 aliphatic rings. The lowest BCUT2D eigenvalue weighted by atomic mass is 9.95. The van der Waals surface area contributed by atoms with Crippen molar-refractivity contribution in [3.8, 4) is 0 Å². The number of fused-ring (bicyclic) bond motifs is 1. The smallest absolute Gasteiger partial charge is 0.239 e. The van der Waals surface area contributed by atoms with Gasteiger partial charge in [0.25, 0.3) is 0 Å². The lowest BCUT2D eigenvalue weighted by Crippen LogP contribution is -2.32. The molecule has 1 aliphatic carbocycles. The molecule has 0 aliphatic heterocycles. The van der Waals surface area contributed by atoms with Gasteiger partial charge in [-0.25, -0.2) is 0 Å². The third-order valence-electron chi connectivity index (χ3n) is 3.13. The number of rotatable bonds is 2. The Morgan fingerprint density at radius 1 is 1.35 bits per heavy atom. The zero-order valence-electron chi connectivity index (χ0n) is 10.1. The molecule has 0 N–H and O–H groups in total. The van der Waals surface area contributed by atoms with E-state index in [1.165, 1.54) is 11.1 Å². The van der Waals surface area contributed by atoms with Crippen LogP contribution in [0.1, 0.15) is 24.5 Å². The Bertz CT molecular complexity index is 465. The van der Waals surface area contributed by atoms with Crippen LogP contribution >= 0.6 is 15.9 Å². The molecule has 0 bridgehead atoms. The summed E-state index contributed by atoms with van der Waals surface area (Å²) >= 11 is 3.32. The average Bonchev–Trinajstić information content (AvgIpc) is 2.36. The number of carbonyl (C=O) groups excluding carboxylic acids is 1. The number of benzene rings is 1. The highest BCUT2D eigenvalue weighted by Gasteiger charge is 2.20. The van der Waals surface area contributed by atoms with Crippen LogP contribution in [-0.4, -0.2) is 22.7 Å². The normalized spacial score (nSPS) is 15.8. The third kappa shape index (κ3) is 2.60. The first-order valence-electron chi connectivity index (χ1n) is 5.79. The molecule has 90 valence electrons. The molecule has 0 aromatic heterocycles. The highest BCUT2D eigenvalue weighted by atomic mass is 79.9. The SMILES string of the molecule is CC(Br)C(=O)N(C)C1=Cc2ccccc2CC1. The first kappa shape index (κ1) is 12.4. The van der Waals surface area contributed by atoms with Gasteiger partial charge < -0.3 is 4.90 Å². The number of hydrogen-bond donors (Lipinski definition) is 0. The summed E-state index contributed by atoms with van der Waals surface area (Å²) in [7, 11) is 1.85. The van der Waals surface area contributed by atoms with Crippen molar-refractivity contribution in [2.75, 3.05) is 7.05 Å². The van der Waals surface area contributed by atoms with Crippen molar-refractivity contribution in [2.24, 2.45) is 0 Å². The van der Waals surface area contributed by atoms with Gasteiger partial charge in [-0.2, -0.15) is 0 Å². The molecule has 3 heteroatoms. The van der Waals surface area contributed by atoms with Crippen LogP contribution in [0.4, 0.5) is 0 Å². The Labute approximate surface area is 110 Å². The Morgan fingerprint density at radius 2 is 2.06 bits per heavy atom. The Balaban J connectivity index is 2.25. The van der Waals surface area contributed by atoms with Gasteiger partial charge >= 0.3 is 0 Å². The summed E-state index contributed by atoms with van der Waals surface area (Å²) in [5.74, 6) is 0.107. The lowest BCUT2D eigenvalue weighted by molar-refractivity contribution is -0.127. The van der Waals surface area contributed by atoms with Gasteiger partial charge in [-0.15, -0.1) is 0 Å². The molecule has 1 amide bonds. The van der Waals surface area contributed by atoms with E-state index in [4.69, 9.17) is 0 Å². The van der Waals surface area contributed by atoms with E-state index in [1.54, 1.807) is 4.90 Å². The van der Waals surface area contributed by atoms with E-state index in [0.29, 0.717) is 0 Å². The van der Waals surface area contributed by atoms with E-state index in [0.717, 1.165) is 18.5 Å². The maximum atomic E-state index is 11.9. The molecule has 2 rings (SSSR count). The summed E-state index contributed by atoms with van der Waals surface area (Å²) in [4.78, 5) is 13.5. The zero-order chi connectivity index (χ0) is 12.4. The quantitative estimate of drug-likeness (QED) is 0.767. The van der Waals surface area contributed by atoms with Gasteiger partial charge in [-0.3, -0.25) is 4.79 Å². The van der Waals surface area contributed by atoms with E-state index in [9.17, 15) is 4.79 Å². The molecule has 1 aromatic carbocycles. The Morgan fingerprint density at radius 3 is 2.76 bits per heavy atom. The van der Waals surface area contributed by atoms with Crippen molar-refractivity contribution >= 4 is 27.9 Å². The van der Waals surface area contributed by atoms with Crippen molar-refractivity contribution in [3.05, 3.63) is 41.1 Å². The van der Waals surface area contributed by atoms with Crippen molar-refractivity contribution in [1.82, 2.24) is 4.90 Å². The average molecular weight is 294 g/mol. The van der Waals surface area contributed by atoms with Crippen molar-refractivity contribution in [2.45, 2.75) is 24.6 Å². The second-order valence-electron chi connectivity index (χ2n) is 4.35. The van der Waals surface area contributed by atoms with E-state index in [-0.39, 0.29) is 10.7 Å². The Kier molecular flexibility index (Phi) is 3.67. The summed E-state index contributed by atoms with van der Waals surface area (Å²) in [5, 5.41) is 0. The van der Waals surface area contributed by atoms with Crippen LogP contribution in [-0.2, 0) is 11.2 Å². The first-order valence-corrected chi connectivity index (χ1v) is 6.71. The van der Waals surface area contributed by atoms with Gasteiger partial charge in [0, 0.05) is 12.7 Å². The van der Waals surface area contributed by atoms with E-state index >= 15 is 0 Å². The summed E-state index contributed by atoms with van der Waals surface area (Å²) in [6, 6.07) is 8.35. The molecular formula is C14H16BrNO. The molecular weight excluding hydrogens is 278 g/mol. The Hall–Kier alpha value is -1.09. The number of allylic oxidation sites excluding steroid dienone is 1. The fraction of sp³-hybridized carbons (Fsp3) is 0.357. The first-order chi connectivity index (χ1) is 8.09. The van der Waals surface area contributed by atoms with Gasteiger partial charge in [0.15, 0.2) is 0 Å². The van der Waals surface area contributed by atoms with Crippen molar-refractivity contribution < 1.29 is 4.79 Å². The topological polar surface area (TPSA) is 20.3 Å². The van der Waals surface area contributed by atoms with Gasteiger partial charge in [-0.05, 0) is 37.0 Å². The second-order valence-corrected chi connectivity index (χ2v) is 5.72. The maximum Gasteiger partial charge on any atom is 0.239 e. The van der Waals surface area contributed by atoms with Crippen LogP contribution in [0.25, 0.3) is 6.08 Å². The minimum Gasteiger partial charge on any atom is -0.318 e. The zero-order valence-corrected chi connectivity index (χ0v) is 11.7. The molecule has 0 heterocycles. The van der Waals surface area contributed by atoms with Gasteiger partial charge in [0.2, 0.25) is 5.91 Å². The summed E-state index contributed by atoms with van der Waals surface area (Å²) in [5.41, 5.74) is 3.69. The molecule has 1 atom stereocenters. The number of nitrogens with zero attached hydrogens (tertiary/aromatic N) is 1. The molecule has 0 saturated heterocycles. The van der Waals surface area contributed by atoms with Crippen molar-refractivity contribution in [1.29, 1.82) is 0 Å². The third-order valence-corrected chi connectivity index (χ3v) is 3.52. The van der Waals surface area contributed by atoms with E-state index in [2.05, 4.69) is 40.2 Å². The fourth-order valence-corrected chi connectivity index (χ4v) is 2.40. The standard InChI is InChI=1S/C14H16BrNO/c1-10(15)14(17)16(2)13-8-7-11-5-3-4-6-12(11)9-13/h3-6,9-10H,7-8H2,1-2H3. The number of amides is 1. The van der Waals surface area contributed by atoms with Crippen LogP contribution in [0.15, 0.2) is 30.0 Å². The maximum absolute atomic E-state index is 11.9. The van der Waals surface area contributed by atoms with Gasteiger partial charge in [-0.1, -0.05) is 40.2 Å². The molecule has 0 radical (unpaired) electrons. The van der Waals surface area contributed by atoms with E-state index < -0.39 is 0 Å². The predicted octanol–water partition coefficient (Wildman–Crippen LogP) is 3.22. The fourth-order valence-electron chi connectivity index (χ4n) is 2.09. The number of hydrogen-bond acceptors (Lipinski definition) is 1. The minimum absolute atomic E-state index is 0.107. The number of carbonyl (C=O) groups is 1. The number of halogens is 1. The molecule has 17 heavy (non-hydrogen) atoms. The van der Waals surface area contributed by atoms with Crippen LogP contribution in [0.5, 0.6) is 0 Å². The number of alkyl halides is 1. The predicted molar refractivity (Wildman–Crippen MR) is 73.9 cm³/mol. The molecule has 0 spiro atoms. The summed E-state index contributed by atoms with van der Waals surface area (Å²) in [6.45, 7) is 1.86. The van der Waals surface area contributed by atoms with Gasteiger partial charge in [0.05, 0.1) is 4.83 Å². The number of aryl methyl sites for hydroxylation is 1. The van der Waals surface area contributed by atoms with Crippen LogP contribution in [0, 0.1) is 0 Å². The van der Waals surface area contributed by atoms with Crippen LogP contribution in [0.2, 0.25) is 0 Å². The molecule has 1 unspecified atom stereocenters. The molecule has 0 saturated carbocycles. The largest absolute Gasteiger partial charge is 0.318 e. The second kappa shape index (κ2) is 5.05. The van der Waals surface area contributed by atoms with Crippen molar-refractivity contribution in [3.63, 3.8) is 0 Å².